The van der Waals surface area contributed by atoms with Gasteiger partial charge in [-0.15, -0.1) is 21.5 Å². The molecule has 1 N–H and O–H groups in total. The van der Waals surface area contributed by atoms with Crippen LogP contribution in [0.15, 0.2) is 59.3 Å². The number of thiophene rings is 1. The molecule has 3 heterocycles. The van der Waals surface area contributed by atoms with Crippen molar-refractivity contribution in [3.8, 4) is 16.4 Å². The number of carbonyl (C=O) groups is 1. The van der Waals surface area contributed by atoms with E-state index >= 15 is 0 Å². The van der Waals surface area contributed by atoms with Crippen molar-refractivity contribution in [3.05, 3.63) is 64.8 Å². The van der Waals surface area contributed by atoms with Crippen LogP contribution < -0.4 is 5.32 Å². The summed E-state index contributed by atoms with van der Waals surface area (Å²) in [6.45, 7) is 0.409. The van der Waals surface area contributed by atoms with E-state index in [4.69, 9.17) is 11.6 Å². The second-order valence-electron chi connectivity index (χ2n) is 6.18. The van der Waals surface area contributed by atoms with E-state index < -0.39 is 0 Å². The van der Waals surface area contributed by atoms with Crippen molar-refractivity contribution in [1.29, 1.82) is 0 Å². The molecule has 0 fully saturated rings. The molecule has 0 bridgehead atoms. The summed E-state index contributed by atoms with van der Waals surface area (Å²) in [5.74, 6) is 0.995. The van der Waals surface area contributed by atoms with E-state index in [-0.39, 0.29) is 11.7 Å². The Kier molecular flexibility index (Phi) is 5.98. The van der Waals surface area contributed by atoms with Crippen LogP contribution in [0.5, 0.6) is 0 Å². The third-order valence-corrected chi connectivity index (χ3v) is 6.26. The number of benzene rings is 1. The molecular weight excluding hydrogens is 428 g/mol. The predicted octanol–water partition coefficient (Wildman–Crippen LogP) is 3.79. The highest BCUT2D eigenvalue weighted by atomic mass is 35.5. The Morgan fingerprint density at radius 2 is 2.07 bits per heavy atom. The first-order valence-electron chi connectivity index (χ1n) is 8.72. The molecule has 148 valence electrons. The topological polar surface area (TPSA) is 77.6 Å². The molecule has 29 heavy (non-hydrogen) atoms. The summed E-state index contributed by atoms with van der Waals surface area (Å²) < 4.78 is 3.65. The number of nitrogens with zero attached hydrogens (tertiary/aromatic N) is 5. The number of carbonyl (C=O) groups excluding carboxylic acids is 1. The van der Waals surface area contributed by atoms with Crippen LogP contribution in [0.4, 0.5) is 0 Å². The number of hydrogen-bond acceptors (Lipinski definition) is 6. The lowest BCUT2D eigenvalue weighted by molar-refractivity contribution is -0.118. The predicted molar refractivity (Wildman–Crippen MR) is 115 cm³/mol. The minimum Gasteiger partial charge on any atom is -0.351 e. The molecule has 0 aliphatic rings. The second kappa shape index (κ2) is 8.81. The fourth-order valence-electron chi connectivity index (χ4n) is 2.63. The van der Waals surface area contributed by atoms with Gasteiger partial charge >= 0.3 is 0 Å². The van der Waals surface area contributed by atoms with Gasteiger partial charge in [-0.25, -0.2) is 4.68 Å². The third kappa shape index (κ3) is 4.69. The van der Waals surface area contributed by atoms with E-state index in [2.05, 4.69) is 20.6 Å². The molecule has 0 saturated heterocycles. The number of thioether (sulfide) groups is 1. The summed E-state index contributed by atoms with van der Waals surface area (Å²) in [5, 5.41) is 19.0. The Morgan fingerprint density at radius 3 is 2.83 bits per heavy atom. The van der Waals surface area contributed by atoms with Crippen LogP contribution in [0.3, 0.4) is 0 Å². The van der Waals surface area contributed by atoms with E-state index in [9.17, 15) is 4.79 Å². The highest BCUT2D eigenvalue weighted by molar-refractivity contribution is 7.99. The van der Waals surface area contributed by atoms with Crippen molar-refractivity contribution in [2.75, 3.05) is 5.75 Å². The maximum atomic E-state index is 12.2. The summed E-state index contributed by atoms with van der Waals surface area (Å²) in [5.41, 5.74) is 1.82. The van der Waals surface area contributed by atoms with E-state index in [1.54, 1.807) is 22.2 Å². The zero-order valence-corrected chi connectivity index (χ0v) is 17.8. The van der Waals surface area contributed by atoms with Crippen LogP contribution >= 0.6 is 34.7 Å². The van der Waals surface area contributed by atoms with Crippen LogP contribution in [0.1, 0.15) is 5.56 Å². The third-order valence-electron chi connectivity index (χ3n) is 4.13. The molecule has 4 aromatic rings. The fourth-order valence-corrected chi connectivity index (χ4v) is 4.24. The number of nitrogens with one attached hydrogen (secondary N) is 1. The van der Waals surface area contributed by atoms with Gasteiger partial charge in [0, 0.05) is 30.4 Å². The summed E-state index contributed by atoms with van der Waals surface area (Å²) in [6, 6.07) is 11.4. The Bertz CT molecular complexity index is 1100. The molecule has 3 aromatic heterocycles. The Balaban J connectivity index is 1.29. The van der Waals surface area contributed by atoms with Gasteiger partial charge < -0.3 is 9.88 Å². The molecule has 0 radical (unpaired) electrons. The quantitative estimate of drug-likeness (QED) is 0.439. The van der Waals surface area contributed by atoms with Crippen LogP contribution in [0, 0.1) is 0 Å². The van der Waals surface area contributed by atoms with Gasteiger partial charge in [0.2, 0.25) is 5.91 Å². The molecule has 7 nitrogen and oxygen atoms in total. The smallest absolute Gasteiger partial charge is 0.230 e. The molecular formula is C19H17ClN6OS2. The molecule has 1 amide bonds. The number of amides is 1. The van der Waals surface area contributed by atoms with E-state index in [1.165, 1.54) is 11.8 Å². The number of rotatable bonds is 7. The first-order chi connectivity index (χ1) is 14.1. The first kappa shape index (κ1) is 19.7. The van der Waals surface area contributed by atoms with Gasteiger partial charge in [-0.3, -0.25) is 4.79 Å². The summed E-state index contributed by atoms with van der Waals surface area (Å²) in [6.07, 6.45) is 3.62. The number of halogens is 1. The summed E-state index contributed by atoms with van der Waals surface area (Å²) >= 11 is 8.88. The zero-order valence-electron chi connectivity index (χ0n) is 15.4. The van der Waals surface area contributed by atoms with Gasteiger partial charge in [-0.2, -0.15) is 5.10 Å². The zero-order chi connectivity index (χ0) is 20.2. The highest BCUT2D eigenvalue weighted by Gasteiger charge is 2.13. The maximum absolute atomic E-state index is 12.2. The van der Waals surface area contributed by atoms with Crippen LogP contribution in [0.25, 0.3) is 16.4 Å². The fraction of sp³-hybridized carbons (Fsp3) is 0.158. The lowest BCUT2D eigenvalue weighted by Gasteiger charge is -2.04. The molecule has 0 saturated carbocycles. The standard InChI is InChI=1S/C19H17ClN6OS2/c1-25-18(16-3-2-8-28-16)23-24-19(25)29-12-17(27)21-9-13-10-22-26(11-13)15-6-4-14(20)5-7-15/h2-8,10-11H,9,12H2,1H3,(H,21,27). The Morgan fingerprint density at radius 1 is 1.24 bits per heavy atom. The molecule has 4 rings (SSSR count). The summed E-state index contributed by atoms with van der Waals surface area (Å²) in [4.78, 5) is 13.3. The lowest BCUT2D eigenvalue weighted by Crippen LogP contribution is -2.24. The Hall–Kier alpha value is -2.62. The maximum Gasteiger partial charge on any atom is 0.230 e. The van der Waals surface area contributed by atoms with Crippen molar-refractivity contribution < 1.29 is 4.79 Å². The molecule has 0 aliphatic carbocycles. The second-order valence-corrected chi connectivity index (χ2v) is 8.50. The SMILES string of the molecule is Cn1c(SCC(=O)NCc2cnn(-c3ccc(Cl)cc3)c2)nnc1-c1cccs1. The molecule has 10 heteroatoms. The Labute approximate surface area is 180 Å². The number of hydrogen-bond donors (Lipinski definition) is 1. The normalized spacial score (nSPS) is 11.0. The lowest BCUT2D eigenvalue weighted by atomic mass is 10.3. The van der Waals surface area contributed by atoms with E-state index in [0.717, 1.165) is 22.0 Å². The molecule has 0 atom stereocenters. The highest BCUT2D eigenvalue weighted by Crippen LogP contribution is 2.25. The van der Waals surface area contributed by atoms with Crippen molar-refractivity contribution in [1.82, 2.24) is 29.9 Å². The number of aromatic nitrogens is 5. The molecule has 0 unspecified atom stereocenters. The van der Waals surface area contributed by atoms with Crippen LogP contribution in [-0.4, -0.2) is 36.2 Å². The minimum absolute atomic E-state index is 0.0742. The monoisotopic (exact) mass is 444 g/mol. The van der Waals surface area contributed by atoms with Crippen molar-refractivity contribution in [2.45, 2.75) is 11.7 Å². The molecule has 0 spiro atoms. The minimum atomic E-state index is -0.0742. The van der Waals surface area contributed by atoms with Gasteiger partial charge in [0.25, 0.3) is 0 Å². The van der Waals surface area contributed by atoms with Gasteiger partial charge in [-0.05, 0) is 35.7 Å². The van der Waals surface area contributed by atoms with Crippen LogP contribution in [0.2, 0.25) is 5.02 Å². The van der Waals surface area contributed by atoms with Gasteiger partial charge in [-0.1, -0.05) is 29.4 Å². The summed E-state index contributed by atoms with van der Waals surface area (Å²) in [7, 11) is 1.90. The van der Waals surface area contributed by atoms with Gasteiger partial charge in [0.15, 0.2) is 11.0 Å². The average molecular weight is 445 g/mol. The van der Waals surface area contributed by atoms with Crippen molar-refractivity contribution in [2.24, 2.45) is 7.05 Å². The molecule has 1 aromatic carbocycles. The van der Waals surface area contributed by atoms with E-state index in [0.29, 0.717) is 16.7 Å². The largest absolute Gasteiger partial charge is 0.351 e. The average Bonchev–Trinajstić information content (AvgIpc) is 3.47. The molecule has 0 aliphatic heterocycles. The van der Waals surface area contributed by atoms with Crippen molar-refractivity contribution >= 4 is 40.6 Å². The van der Waals surface area contributed by atoms with E-state index in [1.807, 2.05) is 59.6 Å². The van der Waals surface area contributed by atoms with Gasteiger partial charge in [0.05, 0.1) is 22.5 Å². The first-order valence-corrected chi connectivity index (χ1v) is 11.0. The van der Waals surface area contributed by atoms with Crippen molar-refractivity contribution in [3.63, 3.8) is 0 Å². The van der Waals surface area contributed by atoms with Gasteiger partial charge in [0.1, 0.15) is 0 Å². The van der Waals surface area contributed by atoms with Crippen LogP contribution in [-0.2, 0) is 18.4 Å².